The SMILES string of the molecule is C[C@@H](NC(=O)CC(N)C(C)(C)C)c1ccco1. The molecule has 2 atom stereocenters. The molecule has 0 aromatic carbocycles. The summed E-state index contributed by atoms with van der Waals surface area (Å²) in [6.45, 7) is 7.97. The summed E-state index contributed by atoms with van der Waals surface area (Å²) in [6.07, 6.45) is 1.92. The fourth-order valence-corrected chi connectivity index (χ4v) is 1.42. The van der Waals surface area contributed by atoms with Gasteiger partial charge in [-0.05, 0) is 24.5 Å². The summed E-state index contributed by atoms with van der Waals surface area (Å²) in [4.78, 5) is 11.8. The molecule has 0 saturated carbocycles. The predicted octanol–water partition coefficient (Wildman–Crippen LogP) is 2.22. The smallest absolute Gasteiger partial charge is 0.222 e. The Morgan fingerprint density at radius 1 is 1.53 bits per heavy atom. The quantitative estimate of drug-likeness (QED) is 0.845. The van der Waals surface area contributed by atoms with Crippen molar-refractivity contribution in [2.24, 2.45) is 11.1 Å². The van der Waals surface area contributed by atoms with Crippen LogP contribution in [0.1, 0.15) is 45.9 Å². The van der Waals surface area contributed by atoms with Crippen molar-refractivity contribution in [3.63, 3.8) is 0 Å². The molecular formula is C13H22N2O2. The molecule has 1 rings (SSSR count). The summed E-state index contributed by atoms with van der Waals surface area (Å²) < 4.78 is 5.22. The lowest BCUT2D eigenvalue weighted by Gasteiger charge is -2.26. The number of rotatable bonds is 4. The van der Waals surface area contributed by atoms with Crippen molar-refractivity contribution in [1.29, 1.82) is 0 Å². The molecule has 1 aromatic rings. The van der Waals surface area contributed by atoms with Crippen LogP contribution in [0.15, 0.2) is 22.8 Å². The van der Waals surface area contributed by atoms with E-state index in [0.29, 0.717) is 6.42 Å². The van der Waals surface area contributed by atoms with Gasteiger partial charge in [-0.3, -0.25) is 4.79 Å². The van der Waals surface area contributed by atoms with E-state index < -0.39 is 0 Å². The topological polar surface area (TPSA) is 68.3 Å². The minimum atomic E-state index is -0.147. The molecule has 0 aliphatic rings. The zero-order chi connectivity index (χ0) is 13.1. The molecule has 1 heterocycles. The molecule has 96 valence electrons. The van der Waals surface area contributed by atoms with Crippen LogP contribution >= 0.6 is 0 Å². The van der Waals surface area contributed by atoms with Crippen molar-refractivity contribution >= 4 is 5.91 Å². The van der Waals surface area contributed by atoms with Crippen LogP contribution in [-0.2, 0) is 4.79 Å². The van der Waals surface area contributed by atoms with E-state index in [1.807, 2.05) is 33.8 Å². The Labute approximate surface area is 103 Å². The van der Waals surface area contributed by atoms with Gasteiger partial charge in [0.25, 0.3) is 0 Å². The molecule has 0 radical (unpaired) electrons. The maximum atomic E-state index is 11.8. The van der Waals surface area contributed by atoms with E-state index >= 15 is 0 Å². The largest absolute Gasteiger partial charge is 0.467 e. The zero-order valence-electron chi connectivity index (χ0n) is 11.0. The number of nitrogens with two attached hydrogens (primary N) is 1. The lowest BCUT2D eigenvalue weighted by atomic mass is 9.85. The van der Waals surface area contributed by atoms with Gasteiger partial charge in [0, 0.05) is 12.5 Å². The molecule has 4 nitrogen and oxygen atoms in total. The maximum Gasteiger partial charge on any atom is 0.222 e. The van der Waals surface area contributed by atoms with Gasteiger partial charge < -0.3 is 15.5 Å². The molecule has 4 heteroatoms. The number of nitrogens with one attached hydrogen (secondary N) is 1. The number of amides is 1. The Morgan fingerprint density at radius 3 is 2.65 bits per heavy atom. The normalized spacial score (nSPS) is 15.4. The van der Waals surface area contributed by atoms with Gasteiger partial charge in [0.05, 0.1) is 12.3 Å². The molecule has 17 heavy (non-hydrogen) atoms. The van der Waals surface area contributed by atoms with E-state index in [1.54, 1.807) is 12.3 Å². The first-order chi connectivity index (χ1) is 7.80. The molecule has 0 aliphatic carbocycles. The lowest BCUT2D eigenvalue weighted by Crippen LogP contribution is -2.40. The van der Waals surface area contributed by atoms with Crippen LogP contribution in [0.5, 0.6) is 0 Å². The van der Waals surface area contributed by atoms with Crippen LogP contribution in [0.3, 0.4) is 0 Å². The Bertz CT molecular complexity index is 352. The highest BCUT2D eigenvalue weighted by molar-refractivity contribution is 5.77. The molecular weight excluding hydrogens is 216 g/mol. The van der Waals surface area contributed by atoms with Gasteiger partial charge >= 0.3 is 0 Å². The molecule has 0 bridgehead atoms. The lowest BCUT2D eigenvalue weighted by molar-refractivity contribution is -0.122. The number of hydrogen-bond donors (Lipinski definition) is 2. The third kappa shape index (κ3) is 4.23. The highest BCUT2D eigenvalue weighted by atomic mass is 16.3. The van der Waals surface area contributed by atoms with E-state index in [9.17, 15) is 4.79 Å². The number of carbonyl (C=O) groups excluding carboxylic acids is 1. The molecule has 1 unspecified atom stereocenters. The van der Waals surface area contributed by atoms with Crippen LogP contribution in [-0.4, -0.2) is 11.9 Å². The van der Waals surface area contributed by atoms with Crippen LogP contribution < -0.4 is 11.1 Å². The van der Waals surface area contributed by atoms with Gasteiger partial charge in [-0.15, -0.1) is 0 Å². The summed E-state index contributed by atoms with van der Waals surface area (Å²) in [5.74, 6) is 0.707. The second-order valence-corrected chi connectivity index (χ2v) is 5.48. The Hall–Kier alpha value is -1.29. The van der Waals surface area contributed by atoms with E-state index in [0.717, 1.165) is 5.76 Å². The Balaban J connectivity index is 2.45. The minimum absolute atomic E-state index is 0.0451. The van der Waals surface area contributed by atoms with E-state index in [4.69, 9.17) is 10.2 Å². The number of furan rings is 1. The van der Waals surface area contributed by atoms with Crippen molar-refractivity contribution in [2.75, 3.05) is 0 Å². The first kappa shape index (κ1) is 13.8. The number of carbonyl (C=O) groups is 1. The molecule has 1 amide bonds. The van der Waals surface area contributed by atoms with Gasteiger partial charge in [-0.25, -0.2) is 0 Å². The van der Waals surface area contributed by atoms with Crippen LogP contribution in [0.4, 0.5) is 0 Å². The van der Waals surface area contributed by atoms with Gasteiger partial charge in [-0.1, -0.05) is 20.8 Å². The van der Waals surface area contributed by atoms with Crippen LogP contribution in [0.25, 0.3) is 0 Å². The summed E-state index contributed by atoms with van der Waals surface area (Å²) in [5, 5.41) is 2.87. The summed E-state index contributed by atoms with van der Waals surface area (Å²) in [7, 11) is 0. The van der Waals surface area contributed by atoms with E-state index in [1.165, 1.54) is 0 Å². The molecule has 0 fully saturated rings. The van der Waals surface area contributed by atoms with Crippen molar-refractivity contribution in [3.8, 4) is 0 Å². The maximum absolute atomic E-state index is 11.8. The fourth-order valence-electron chi connectivity index (χ4n) is 1.42. The second kappa shape index (κ2) is 5.36. The van der Waals surface area contributed by atoms with Crippen LogP contribution in [0.2, 0.25) is 0 Å². The monoisotopic (exact) mass is 238 g/mol. The Morgan fingerprint density at radius 2 is 2.18 bits per heavy atom. The van der Waals surface area contributed by atoms with Crippen molar-refractivity contribution < 1.29 is 9.21 Å². The zero-order valence-corrected chi connectivity index (χ0v) is 11.0. The summed E-state index contributed by atoms with van der Waals surface area (Å²) in [5.41, 5.74) is 5.90. The highest BCUT2D eigenvalue weighted by Gasteiger charge is 2.24. The summed E-state index contributed by atoms with van der Waals surface area (Å²) >= 11 is 0. The Kier molecular flexibility index (Phi) is 4.34. The molecule has 3 N–H and O–H groups in total. The van der Waals surface area contributed by atoms with E-state index in [-0.39, 0.29) is 23.4 Å². The van der Waals surface area contributed by atoms with Gasteiger partial charge in [-0.2, -0.15) is 0 Å². The van der Waals surface area contributed by atoms with E-state index in [2.05, 4.69) is 5.32 Å². The van der Waals surface area contributed by atoms with Gasteiger partial charge in [0.1, 0.15) is 5.76 Å². The molecule has 1 aromatic heterocycles. The van der Waals surface area contributed by atoms with Gasteiger partial charge in [0.15, 0.2) is 0 Å². The molecule has 0 saturated heterocycles. The first-order valence-electron chi connectivity index (χ1n) is 5.89. The van der Waals surface area contributed by atoms with Gasteiger partial charge in [0.2, 0.25) is 5.91 Å². The average molecular weight is 238 g/mol. The summed E-state index contributed by atoms with van der Waals surface area (Å²) in [6, 6.07) is 3.38. The molecule has 0 spiro atoms. The third-order valence-electron chi connectivity index (χ3n) is 2.87. The number of hydrogen-bond acceptors (Lipinski definition) is 3. The van der Waals surface area contributed by atoms with Crippen molar-refractivity contribution in [2.45, 2.75) is 46.2 Å². The third-order valence-corrected chi connectivity index (χ3v) is 2.87. The first-order valence-corrected chi connectivity index (χ1v) is 5.89. The minimum Gasteiger partial charge on any atom is -0.467 e. The van der Waals surface area contributed by atoms with Crippen molar-refractivity contribution in [3.05, 3.63) is 24.2 Å². The fraction of sp³-hybridized carbons (Fsp3) is 0.615. The highest BCUT2D eigenvalue weighted by Crippen LogP contribution is 2.20. The second-order valence-electron chi connectivity index (χ2n) is 5.48. The van der Waals surface area contributed by atoms with Crippen molar-refractivity contribution in [1.82, 2.24) is 5.32 Å². The molecule has 0 aliphatic heterocycles. The van der Waals surface area contributed by atoms with Crippen LogP contribution in [0, 0.1) is 5.41 Å². The average Bonchev–Trinajstić information content (AvgIpc) is 2.68. The predicted molar refractivity (Wildman–Crippen MR) is 67.3 cm³/mol. The standard InChI is InChI=1S/C13H22N2O2/c1-9(10-6-5-7-17-10)15-12(16)8-11(14)13(2,3)4/h5-7,9,11H,8,14H2,1-4H3,(H,15,16)/t9-,11?/m1/s1.